The molecule has 57 heavy (non-hydrogen) atoms. The summed E-state index contributed by atoms with van der Waals surface area (Å²) in [5, 5.41) is 3.40. The third-order valence-electron chi connectivity index (χ3n) is 11.3. The first-order chi connectivity index (χ1) is 27.5. The highest BCUT2D eigenvalue weighted by molar-refractivity contribution is 5.97. The van der Waals surface area contributed by atoms with Crippen molar-refractivity contribution in [3.05, 3.63) is 180 Å². The van der Waals surface area contributed by atoms with E-state index in [1.807, 2.05) is 13.2 Å². The molecule has 0 radical (unpaired) electrons. The Morgan fingerprint density at radius 3 is 1.93 bits per heavy atom. The van der Waals surface area contributed by atoms with Crippen LogP contribution in [0.2, 0.25) is 0 Å². The lowest BCUT2D eigenvalue weighted by atomic mass is 9.83. The minimum Gasteiger partial charge on any atom is -0.391 e. The van der Waals surface area contributed by atoms with Gasteiger partial charge in [0.25, 0.3) is 0 Å². The number of hydrogen-bond donors (Lipinski definition) is 1. The summed E-state index contributed by atoms with van der Waals surface area (Å²) in [7, 11) is 1.98. The fourth-order valence-electron chi connectivity index (χ4n) is 7.95. The molecule has 8 aromatic rings. The first kappa shape index (κ1) is 37.4. The van der Waals surface area contributed by atoms with Crippen LogP contribution in [-0.2, 0) is 5.41 Å². The zero-order chi connectivity index (χ0) is 39.8. The monoisotopic (exact) mass is 742 g/mol. The Morgan fingerprint density at radius 1 is 0.579 bits per heavy atom. The normalized spacial score (nSPS) is 12.1. The van der Waals surface area contributed by atoms with E-state index < -0.39 is 0 Å². The molecule has 0 amide bonds. The van der Waals surface area contributed by atoms with Crippen LogP contribution in [0.4, 0.5) is 0 Å². The molecule has 0 saturated carbocycles. The lowest BCUT2D eigenvalue weighted by Gasteiger charge is -2.22. The van der Waals surface area contributed by atoms with Crippen molar-refractivity contribution in [2.45, 2.75) is 53.9 Å². The summed E-state index contributed by atoms with van der Waals surface area (Å²) in [4.78, 5) is 10.5. The standard InChI is InChI=1S/C53H50N4/c1-34-17-15-18-35(2)50(34)41-27-28-55-47(33-41)43-29-42(30-44(31-43)53(5,6)7)45-23-16-24-49-51(45)56-52(36(3)37(4)54-8)57(49)48-26-25-40(38-19-11-9-12-20-38)32-46(48)39-21-13-10-14-22-39/h9-33,54H,1-8H3/b37-36-. The Bertz CT molecular complexity index is 2760. The van der Waals surface area contributed by atoms with Gasteiger partial charge in [0.15, 0.2) is 0 Å². The van der Waals surface area contributed by atoms with Crippen LogP contribution < -0.4 is 5.32 Å². The molecule has 0 saturated heterocycles. The highest BCUT2D eigenvalue weighted by Gasteiger charge is 2.23. The largest absolute Gasteiger partial charge is 0.391 e. The molecule has 282 valence electrons. The number of nitrogens with zero attached hydrogens (tertiary/aromatic N) is 3. The van der Waals surface area contributed by atoms with Crippen molar-refractivity contribution >= 4 is 16.6 Å². The molecule has 4 nitrogen and oxygen atoms in total. The number of aryl methyl sites for hydroxylation is 2. The maximum atomic E-state index is 5.57. The van der Waals surface area contributed by atoms with Crippen LogP contribution in [0, 0.1) is 13.8 Å². The number of aromatic nitrogens is 3. The van der Waals surface area contributed by atoms with E-state index in [0.29, 0.717) is 0 Å². The van der Waals surface area contributed by atoms with E-state index in [4.69, 9.17) is 9.97 Å². The highest BCUT2D eigenvalue weighted by atomic mass is 15.1. The minimum absolute atomic E-state index is 0.0955. The topological polar surface area (TPSA) is 42.7 Å². The van der Waals surface area contributed by atoms with E-state index in [9.17, 15) is 0 Å². The summed E-state index contributed by atoms with van der Waals surface area (Å²) < 4.78 is 2.36. The van der Waals surface area contributed by atoms with Gasteiger partial charge in [-0.2, -0.15) is 0 Å². The van der Waals surface area contributed by atoms with Crippen LogP contribution in [0.1, 0.15) is 57.1 Å². The molecule has 0 fully saturated rings. The smallest absolute Gasteiger partial charge is 0.143 e. The molecule has 8 rings (SSSR count). The molecule has 2 heterocycles. The van der Waals surface area contributed by atoms with Gasteiger partial charge in [0.1, 0.15) is 5.82 Å². The number of allylic oxidation sites excluding steroid dienone is 2. The molecular formula is C53H50N4. The summed E-state index contributed by atoms with van der Waals surface area (Å²) in [5.41, 5.74) is 20.3. The molecule has 2 aromatic heterocycles. The average molecular weight is 743 g/mol. The van der Waals surface area contributed by atoms with Crippen LogP contribution >= 0.6 is 0 Å². The summed E-state index contributed by atoms with van der Waals surface area (Å²) >= 11 is 0. The van der Waals surface area contributed by atoms with Gasteiger partial charge in [0, 0.05) is 41.2 Å². The lowest BCUT2D eigenvalue weighted by molar-refractivity contribution is 0.590. The van der Waals surface area contributed by atoms with Crippen molar-refractivity contribution in [3.8, 4) is 61.5 Å². The highest BCUT2D eigenvalue weighted by Crippen LogP contribution is 2.41. The van der Waals surface area contributed by atoms with Crippen LogP contribution in [0.15, 0.2) is 157 Å². The number of fused-ring (bicyclic) bond motifs is 1. The van der Waals surface area contributed by atoms with Gasteiger partial charge in [-0.15, -0.1) is 0 Å². The van der Waals surface area contributed by atoms with Gasteiger partial charge in [-0.1, -0.05) is 124 Å². The van der Waals surface area contributed by atoms with Crippen LogP contribution in [0.3, 0.4) is 0 Å². The third kappa shape index (κ3) is 7.20. The van der Waals surface area contributed by atoms with Gasteiger partial charge in [-0.25, -0.2) is 4.98 Å². The van der Waals surface area contributed by atoms with E-state index in [2.05, 4.69) is 204 Å². The molecule has 0 spiro atoms. The molecule has 0 bridgehead atoms. The number of nitrogens with one attached hydrogen (secondary N) is 1. The zero-order valence-corrected chi connectivity index (χ0v) is 34.3. The Kier molecular flexibility index (Phi) is 9.97. The van der Waals surface area contributed by atoms with E-state index in [1.54, 1.807) is 0 Å². The first-order valence-corrected chi connectivity index (χ1v) is 19.8. The van der Waals surface area contributed by atoms with Crippen LogP contribution in [-0.4, -0.2) is 21.6 Å². The van der Waals surface area contributed by atoms with Gasteiger partial charge < -0.3 is 5.32 Å². The van der Waals surface area contributed by atoms with E-state index in [1.165, 1.54) is 38.9 Å². The van der Waals surface area contributed by atoms with Gasteiger partial charge in [-0.05, 0) is 126 Å². The van der Waals surface area contributed by atoms with Crippen LogP contribution in [0.25, 0.3) is 78.1 Å². The lowest BCUT2D eigenvalue weighted by Crippen LogP contribution is -2.11. The van der Waals surface area contributed by atoms with Crippen molar-refractivity contribution in [2.24, 2.45) is 0 Å². The second-order valence-corrected chi connectivity index (χ2v) is 16.2. The molecule has 0 aliphatic rings. The maximum Gasteiger partial charge on any atom is 0.143 e. The number of pyridine rings is 1. The Morgan fingerprint density at radius 2 is 1.25 bits per heavy atom. The Hall–Kier alpha value is -6.52. The number of imidazole rings is 1. The van der Waals surface area contributed by atoms with E-state index in [0.717, 1.165) is 67.3 Å². The summed E-state index contributed by atoms with van der Waals surface area (Å²) in [6.07, 6.45) is 1.95. The SMILES string of the molecule is CN/C(C)=C(/C)c1nc2c(-c3cc(-c4cc(-c5c(C)cccc5C)ccn4)cc(C(C)(C)C)c3)cccc2n1-c1ccc(-c2ccccc2)cc1-c1ccccc1. The fraction of sp³-hybridized carbons (Fsp3) is 0.170. The van der Waals surface area contributed by atoms with E-state index in [-0.39, 0.29) is 5.41 Å². The number of rotatable bonds is 8. The number of benzene rings is 6. The van der Waals surface area contributed by atoms with Gasteiger partial charge in [0.05, 0.1) is 22.4 Å². The second-order valence-electron chi connectivity index (χ2n) is 16.2. The molecule has 0 unspecified atom stereocenters. The van der Waals surface area contributed by atoms with Crippen LogP contribution in [0.5, 0.6) is 0 Å². The van der Waals surface area contributed by atoms with Gasteiger partial charge in [0.2, 0.25) is 0 Å². The molecule has 0 aliphatic heterocycles. The van der Waals surface area contributed by atoms with Crippen molar-refractivity contribution in [1.82, 2.24) is 19.9 Å². The summed E-state index contributed by atoms with van der Waals surface area (Å²) in [6.45, 7) is 15.5. The quantitative estimate of drug-likeness (QED) is 0.169. The zero-order valence-electron chi connectivity index (χ0n) is 34.3. The molecule has 1 N–H and O–H groups in total. The summed E-state index contributed by atoms with van der Waals surface area (Å²) in [6, 6.07) is 52.5. The third-order valence-corrected chi connectivity index (χ3v) is 11.3. The van der Waals surface area contributed by atoms with Crippen molar-refractivity contribution in [3.63, 3.8) is 0 Å². The summed E-state index contributed by atoms with van der Waals surface area (Å²) in [5.74, 6) is 0.907. The molecule has 0 aliphatic carbocycles. The predicted octanol–water partition coefficient (Wildman–Crippen LogP) is 13.6. The molecule has 4 heteroatoms. The predicted molar refractivity (Wildman–Crippen MR) is 242 cm³/mol. The minimum atomic E-state index is -0.0955. The number of hydrogen-bond acceptors (Lipinski definition) is 3. The molecular weight excluding hydrogens is 693 g/mol. The first-order valence-electron chi connectivity index (χ1n) is 19.8. The van der Waals surface area contributed by atoms with E-state index >= 15 is 0 Å². The Balaban J connectivity index is 1.38. The average Bonchev–Trinajstić information content (AvgIpc) is 3.63. The van der Waals surface area contributed by atoms with Crippen molar-refractivity contribution in [2.75, 3.05) is 7.05 Å². The second kappa shape index (κ2) is 15.2. The van der Waals surface area contributed by atoms with Gasteiger partial charge >= 0.3 is 0 Å². The Labute approximate surface area is 337 Å². The van der Waals surface area contributed by atoms with Crippen molar-refractivity contribution < 1.29 is 0 Å². The number of para-hydroxylation sites is 1. The molecule has 0 atom stereocenters. The van der Waals surface area contributed by atoms with Crippen molar-refractivity contribution in [1.29, 1.82) is 0 Å². The fourth-order valence-corrected chi connectivity index (χ4v) is 7.95. The maximum absolute atomic E-state index is 5.57. The van der Waals surface area contributed by atoms with Gasteiger partial charge in [-0.3, -0.25) is 9.55 Å². The molecule has 6 aromatic carbocycles.